The lowest BCUT2D eigenvalue weighted by atomic mass is 9.72. The molecule has 1 heterocycles. The van der Waals surface area contributed by atoms with Crippen LogP contribution in [-0.4, -0.2) is 54.5 Å². The number of piperazine rings is 1. The summed E-state index contributed by atoms with van der Waals surface area (Å²) in [6.45, 7) is 11.6. The van der Waals surface area contributed by atoms with Crippen molar-refractivity contribution in [3.05, 3.63) is 23.3 Å². The number of allylic oxidation sites excluding steroid dienone is 3. The average molecular weight is 333 g/mol. The van der Waals surface area contributed by atoms with Crippen LogP contribution in [0.3, 0.4) is 0 Å². The van der Waals surface area contributed by atoms with Gasteiger partial charge in [0.05, 0.1) is 0 Å². The maximum absolute atomic E-state index is 12.5. The Labute approximate surface area is 145 Å². The summed E-state index contributed by atoms with van der Waals surface area (Å²) in [5, 5.41) is 2.80. The number of rotatable bonds is 3. The third-order valence-electron chi connectivity index (χ3n) is 5.14. The number of carbonyl (C=O) groups is 2. The molecule has 0 atom stereocenters. The van der Waals surface area contributed by atoms with Crippen LogP contribution < -0.4 is 5.32 Å². The van der Waals surface area contributed by atoms with Crippen LogP contribution in [0.4, 0.5) is 4.79 Å². The van der Waals surface area contributed by atoms with Crippen LogP contribution in [0, 0.1) is 5.41 Å². The molecule has 5 heteroatoms. The van der Waals surface area contributed by atoms with Crippen molar-refractivity contribution in [3.8, 4) is 0 Å². The molecular formula is C19H31N3O2. The van der Waals surface area contributed by atoms with Crippen LogP contribution in [0.25, 0.3) is 0 Å². The molecule has 0 bridgehead atoms. The molecule has 2 aliphatic rings. The van der Waals surface area contributed by atoms with Crippen LogP contribution in [0.1, 0.15) is 47.0 Å². The standard InChI is InChI=1S/C19H31N3O2/c1-5-20-18(24)22-13-11-21(12-14-22)17(23)9-8-16-15(2)7-6-10-19(16,3)4/h8-9H,5-7,10-14H2,1-4H3,(H,20,24)/b9-8+. The van der Waals surface area contributed by atoms with Gasteiger partial charge in [-0.05, 0) is 44.1 Å². The molecule has 1 fully saturated rings. The first-order chi connectivity index (χ1) is 11.3. The molecule has 5 nitrogen and oxygen atoms in total. The van der Waals surface area contributed by atoms with E-state index in [4.69, 9.17) is 0 Å². The first-order valence-corrected chi connectivity index (χ1v) is 9.05. The summed E-state index contributed by atoms with van der Waals surface area (Å²) in [5.74, 6) is 0.0484. The smallest absolute Gasteiger partial charge is 0.317 e. The van der Waals surface area contributed by atoms with Gasteiger partial charge >= 0.3 is 6.03 Å². The predicted molar refractivity (Wildman–Crippen MR) is 96.7 cm³/mol. The number of nitrogens with zero attached hydrogens (tertiary/aromatic N) is 2. The van der Waals surface area contributed by atoms with Gasteiger partial charge in [-0.25, -0.2) is 4.79 Å². The van der Waals surface area contributed by atoms with Crippen molar-refractivity contribution >= 4 is 11.9 Å². The molecule has 24 heavy (non-hydrogen) atoms. The monoisotopic (exact) mass is 333 g/mol. The molecule has 1 aliphatic heterocycles. The van der Waals surface area contributed by atoms with Gasteiger partial charge in [-0.1, -0.05) is 25.5 Å². The van der Waals surface area contributed by atoms with Crippen LogP contribution in [0.15, 0.2) is 23.3 Å². The number of amides is 3. The Bertz CT molecular complexity index is 541. The van der Waals surface area contributed by atoms with Crippen molar-refractivity contribution < 1.29 is 9.59 Å². The lowest BCUT2D eigenvalue weighted by molar-refractivity contribution is -0.127. The SMILES string of the molecule is CCNC(=O)N1CCN(C(=O)/C=C/C2=C(C)CCCC2(C)C)CC1. The molecule has 0 spiro atoms. The number of nitrogens with one attached hydrogen (secondary N) is 1. The summed E-state index contributed by atoms with van der Waals surface area (Å²) in [7, 11) is 0. The zero-order valence-corrected chi connectivity index (χ0v) is 15.5. The predicted octanol–water partition coefficient (Wildman–Crippen LogP) is 2.94. The Morgan fingerprint density at radius 3 is 2.38 bits per heavy atom. The third kappa shape index (κ3) is 4.40. The van der Waals surface area contributed by atoms with E-state index in [-0.39, 0.29) is 17.4 Å². The van der Waals surface area contributed by atoms with Gasteiger partial charge in [0.25, 0.3) is 0 Å². The molecule has 1 N–H and O–H groups in total. The maximum Gasteiger partial charge on any atom is 0.317 e. The zero-order chi connectivity index (χ0) is 17.7. The lowest BCUT2D eigenvalue weighted by Crippen LogP contribution is -2.52. The highest BCUT2D eigenvalue weighted by atomic mass is 16.2. The van der Waals surface area contributed by atoms with E-state index < -0.39 is 0 Å². The van der Waals surface area contributed by atoms with E-state index in [2.05, 4.69) is 26.1 Å². The minimum absolute atomic E-state index is 0.0372. The Hall–Kier alpha value is -1.78. The molecule has 0 aromatic heterocycles. The molecule has 1 saturated heterocycles. The molecule has 3 amide bonds. The highest BCUT2D eigenvalue weighted by Crippen LogP contribution is 2.40. The van der Waals surface area contributed by atoms with E-state index in [1.807, 2.05) is 17.9 Å². The van der Waals surface area contributed by atoms with Gasteiger partial charge in [0.15, 0.2) is 0 Å². The van der Waals surface area contributed by atoms with E-state index in [0.717, 1.165) is 6.42 Å². The molecule has 0 radical (unpaired) electrons. The van der Waals surface area contributed by atoms with Gasteiger partial charge in [0.1, 0.15) is 0 Å². The molecule has 0 saturated carbocycles. The van der Waals surface area contributed by atoms with Gasteiger partial charge in [-0.15, -0.1) is 0 Å². The number of hydrogen-bond acceptors (Lipinski definition) is 2. The summed E-state index contributed by atoms with van der Waals surface area (Å²) in [5.41, 5.74) is 2.86. The van der Waals surface area contributed by atoms with Crippen molar-refractivity contribution in [1.82, 2.24) is 15.1 Å². The summed E-state index contributed by atoms with van der Waals surface area (Å²) in [6, 6.07) is -0.0372. The lowest BCUT2D eigenvalue weighted by Gasteiger charge is -2.35. The van der Waals surface area contributed by atoms with Gasteiger partial charge in [-0.2, -0.15) is 0 Å². The molecule has 0 unspecified atom stereocenters. The molecule has 134 valence electrons. The molecule has 0 aromatic rings. The second kappa shape index (κ2) is 7.86. The number of urea groups is 1. The van der Waals surface area contributed by atoms with Crippen LogP contribution in [-0.2, 0) is 4.79 Å². The normalized spacial score (nSPS) is 21.3. The third-order valence-corrected chi connectivity index (χ3v) is 5.14. The first-order valence-electron chi connectivity index (χ1n) is 9.05. The molecule has 2 rings (SSSR count). The fourth-order valence-electron chi connectivity index (χ4n) is 3.66. The number of hydrogen-bond donors (Lipinski definition) is 1. The van der Waals surface area contributed by atoms with Gasteiger partial charge in [0, 0.05) is 38.8 Å². The Morgan fingerprint density at radius 1 is 1.17 bits per heavy atom. The second-order valence-electron chi connectivity index (χ2n) is 7.41. The van der Waals surface area contributed by atoms with E-state index >= 15 is 0 Å². The summed E-state index contributed by atoms with van der Waals surface area (Å²) >= 11 is 0. The van der Waals surface area contributed by atoms with Gasteiger partial charge in [-0.3, -0.25) is 4.79 Å². The fraction of sp³-hybridized carbons (Fsp3) is 0.684. The fourth-order valence-corrected chi connectivity index (χ4v) is 3.66. The van der Waals surface area contributed by atoms with Crippen molar-refractivity contribution in [1.29, 1.82) is 0 Å². The molecule has 1 aliphatic carbocycles. The van der Waals surface area contributed by atoms with Gasteiger partial charge < -0.3 is 15.1 Å². The highest BCUT2D eigenvalue weighted by molar-refractivity contribution is 5.88. The first kappa shape index (κ1) is 18.6. The van der Waals surface area contributed by atoms with Crippen molar-refractivity contribution in [3.63, 3.8) is 0 Å². The largest absolute Gasteiger partial charge is 0.338 e. The van der Waals surface area contributed by atoms with Crippen LogP contribution >= 0.6 is 0 Å². The van der Waals surface area contributed by atoms with Crippen LogP contribution in [0.2, 0.25) is 0 Å². The molecular weight excluding hydrogens is 302 g/mol. The van der Waals surface area contributed by atoms with Crippen molar-refractivity contribution in [2.75, 3.05) is 32.7 Å². The minimum Gasteiger partial charge on any atom is -0.338 e. The topological polar surface area (TPSA) is 52.7 Å². The Balaban J connectivity index is 1.93. The Morgan fingerprint density at radius 2 is 1.79 bits per heavy atom. The van der Waals surface area contributed by atoms with E-state index in [1.165, 1.54) is 24.0 Å². The van der Waals surface area contributed by atoms with E-state index in [0.29, 0.717) is 32.7 Å². The second-order valence-corrected chi connectivity index (χ2v) is 7.41. The maximum atomic E-state index is 12.5. The zero-order valence-electron chi connectivity index (χ0n) is 15.5. The highest BCUT2D eigenvalue weighted by Gasteiger charge is 2.27. The van der Waals surface area contributed by atoms with Crippen molar-refractivity contribution in [2.24, 2.45) is 5.41 Å². The van der Waals surface area contributed by atoms with Crippen molar-refractivity contribution in [2.45, 2.75) is 47.0 Å². The number of carbonyl (C=O) groups excluding carboxylic acids is 2. The summed E-state index contributed by atoms with van der Waals surface area (Å²) < 4.78 is 0. The summed E-state index contributed by atoms with van der Waals surface area (Å²) in [4.78, 5) is 27.9. The Kier molecular flexibility index (Phi) is 6.08. The summed E-state index contributed by atoms with van der Waals surface area (Å²) in [6.07, 6.45) is 7.26. The van der Waals surface area contributed by atoms with E-state index in [9.17, 15) is 9.59 Å². The molecule has 0 aromatic carbocycles. The van der Waals surface area contributed by atoms with E-state index in [1.54, 1.807) is 11.0 Å². The minimum atomic E-state index is -0.0372. The quantitative estimate of drug-likeness (QED) is 0.807. The average Bonchev–Trinajstić information content (AvgIpc) is 2.54. The van der Waals surface area contributed by atoms with Crippen LogP contribution in [0.5, 0.6) is 0 Å². The van der Waals surface area contributed by atoms with Gasteiger partial charge in [0.2, 0.25) is 5.91 Å².